The van der Waals surface area contributed by atoms with Crippen LogP contribution >= 0.6 is 0 Å². The molecule has 133 valence electrons. The number of benzene rings is 2. The van der Waals surface area contributed by atoms with Crippen LogP contribution in [0.5, 0.6) is 11.5 Å². The lowest BCUT2D eigenvalue weighted by Crippen LogP contribution is -2.12. The fourth-order valence-electron chi connectivity index (χ4n) is 2.86. The van der Waals surface area contributed by atoms with Gasteiger partial charge < -0.3 is 19.6 Å². The average molecular weight is 359 g/mol. The van der Waals surface area contributed by atoms with E-state index >= 15 is 0 Å². The molecule has 7 nitrogen and oxygen atoms in total. The van der Waals surface area contributed by atoms with E-state index in [0.29, 0.717) is 28.4 Å². The van der Waals surface area contributed by atoms with Gasteiger partial charge in [0.2, 0.25) is 0 Å². The SMILES string of the molecule is CO[B]Nc1ccc(Oc2ccnc3nc(C)c(=O)[nH]c23)c2ccccc12. The van der Waals surface area contributed by atoms with Gasteiger partial charge in [-0.25, -0.2) is 9.97 Å². The number of rotatable bonds is 5. The van der Waals surface area contributed by atoms with Crippen molar-refractivity contribution in [2.24, 2.45) is 0 Å². The monoisotopic (exact) mass is 359 g/mol. The normalized spacial score (nSPS) is 10.9. The van der Waals surface area contributed by atoms with Crippen molar-refractivity contribution >= 4 is 35.2 Å². The van der Waals surface area contributed by atoms with Crippen molar-refractivity contribution < 1.29 is 9.39 Å². The molecule has 0 aliphatic heterocycles. The van der Waals surface area contributed by atoms with Gasteiger partial charge in [0, 0.05) is 35.8 Å². The number of anilines is 1. The minimum Gasteiger partial charge on any atom is -0.454 e. The second kappa shape index (κ2) is 7.09. The van der Waals surface area contributed by atoms with Gasteiger partial charge in [-0.3, -0.25) is 4.79 Å². The lowest BCUT2D eigenvalue weighted by atomic mass is 10.1. The smallest absolute Gasteiger partial charge is 0.435 e. The van der Waals surface area contributed by atoms with E-state index in [2.05, 4.69) is 20.2 Å². The first-order chi connectivity index (χ1) is 13.2. The number of pyridine rings is 1. The van der Waals surface area contributed by atoms with Gasteiger partial charge in [-0.15, -0.1) is 0 Å². The molecule has 0 bridgehead atoms. The summed E-state index contributed by atoms with van der Waals surface area (Å²) in [4.78, 5) is 23.2. The molecule has 27 heavy (non-hydrogen) atoms. The van der Waals surface area contributed by atoms with Crippen LogP contribution in [0.25, 0.3) is 21.9 Å². The molecule has 4 aromatic rings. The molecule has 0 unspecified atom stereocenters. The van der Waals surface area contributed by atoms with E-state index in [1.165, 1.54) is 7.62 Å². The number of hydrogen-bond acceptors (Lipinski definition) is 6. The summed E-state index contributed by atoms with van der Waals surface area (Å²) in [6.07, 6.45) is 1.61. The molecule has 0 saturated heterocycles. The van der Waals surface area contributed by atoms with E-state index in [9.17, 15) is 4.79 Å². The Morgan fingerprint density at radius 2 is 1.89 bits per heavy atom. The molecule has 0 amide bonds. The summed E-state index contributed by atoms with van der Waals surface area (Å²) in [5.74, 6) is 1.14. The van der Waals surface area contributed by atoms with Crippen molar-refractivity contribution in [2.75, 3.05) is 12.3 Å². The summed E-state index contributed by atoms with van der Waals surface area (Å²) in [5.41, 5.74) is 1.89. The van der Waals surface area contributed by atoms with Crippen molar-refractivity contribution in [2.45, 2.75) is 6.92 Å². The Labute approximate surface area is 155 Å². The predicted molar refractivity (Wildman–Crippen MR) is 105 cm³/mol. The van der Waals surface area contributed by atoms with E-state index < -0.39 is 0 Å². The van der Waals surface area contributed by atoms with E-state index in [0.717, 1.165) is 16.5 Å². The van der Waals surface area contributed by atoms with Crippen LogP contribution in [-0.4, -0.2) is 29.7 Å². The van der Waals surface area contributed by atoms with E-state index in [1.807, 2.05) is 36.4 Å². The predicted octanol–water partition coefficient (Wildman–Crippen LogP) is 3.16. The third kappa shape index (κ3) is 3.22. The van der Waals surface area contributed by atoms with Crippen molar-refractivity contribution in [1.29, 1.82) is 0 Å². The number of H-pyrrole nitrogens is 1. The van der Waals surface area contributed by atoms with Gasteiger partial charge in [0.1, 0.15) is 17.0 Å². The third-order valence-corrected chi connectivity index (χ3v) is 4.17. The molecule has 0 saturated carbocycles. The van der Waals surface area contributed by atoms with Crippen LogP contribution in [0.1, 0.15) is 5.69 Å². The maximum Gasteiger partial charge on any atom is 0.435 e. The Kier molecular flexibility index (Phi) is 4.47. The highest BCUT2D eigenvalue weighted by Crippen LogP contribution is 2.35. The Morgan fingerprint density at radius 3 is 2.70 bits per heavy atom. The quantitative estimate of drug-likeness (QED) is 0.532. The summed E-state index contributed by atoms with van der Waals surface area (Å²) in [5, 5.41) is 4.99. The molecular weight excluding hydrogens is 343 g/mol. The molecule has 4 rings (SSSR count). The summed E-state index contributed by atoms with van der Waals surface area (Å²) >= 11 is 0. The fourth-order valence-corrected chi connectivity index (χ4v) is 2.86. The molecule has 0 fully saturated rings. The largest absolute Gasteiger partial charge is 0.454 e. The molecule has 0 spiro atoms. The number of aryl methyl sites for hydroxylation is 1. The Hall–Kier alpha value is -3.39. The van der Waals surface area contributed by atoms with Crippen molar-refractivity contribution in [3.63, 3.8) is 0 Å². The van der Waals surface area contributed by atoms with E-state index in [-0.39, 0.29) is 5.56 Å². The highest BCUT2D eigenvalue weighted by Gasteiger charge is 2.12. The molecule has 2 N–H and O–H groups in total. The minimum atomic E-state index is -0.264. The Morgan fingerprint density at radius 1 is 1.07 bits per heavy atom. The number of hydrogen-bond donors (Lipinski definition) is 2. The van der Waals surface area contributed by atoms with Crippen LogP contribution < -0.4 is 15.5 Å². The minimum absolute atomic E-state index is 0.264. The lowest BCUT2D eigenvalue weighted by molar-refractivity contribution is 0.446. The Balaban J connectivity index is 1.82. The van der Waals surface area contributed by atoms with Gasteiger partial charge in [0.05, 0.1) is 0 Å². The zero-order chi connectivity index (χ0) is 18.8. The first-order valence-corrected chi connectivity index (χ1v) is 8.33. The highest BCUT2D eigenvalue weighted by atomic mass is 16.5. The lowest BCUT2D eigenvalue weighted by Gasteiger charge is -2.14. The molecule has 1 radical (unpaired) electrons. The van der Waals surface area contributed by atoms with Crippen molar-refractivity contribution in [3.05, 3.63) is 64.7 Å². The first-order valence-electron chi connectivity index (χ1n) is 8.33. The highest BCUT2D eigenvalue weighted by molar-refractivity contribution is 6.33. The molecule has 0 aliphatic rings. The molecule has 0 atom stereocenters. The summed E-state index contributed by atoms with van der Waals surface area (Å²) in [6, 6.07) is 13.3. The molecule has 2 aromatic heterocycles. The number of ether oxygens (including phenoxy) is 1. The third-order valence-electron chi connectivity index (χ3n) is 4.17. The number of fused-ring (bicyclic) bond motifs is 2. The number of nitrogens with zero attached hydrogens (tertiary/aromatic N) is 2. The van der Waals surface area contributed by atoms with Crippen LogP contribution in [0.4, 0.5) is 5.69 Å². The average Bonchev–Trinajstić information content (AvgIpc) is 2.69. The second-order valence-electron chi connectivity index (χ2n) is 5.92. The molecular formula is C19H16BN4O3. The maximum absolute atomic E-state index is 12.0. The van der Waals surface area contributed by atoms with Crippen LogP contribution in [0, 0.1) is 6.92 Å². The zero-order valence-corrected chi connectivity index (χ0v) is 14.8. The van der Waals surface area contributed by atoms with Gasteiger partial charge in [-0.1, -0.05) is 24.3 Å². The molecule has 2 aromatic carbocycles. The summed E-state index contributed by atoms with van der Waals surface area (Å²) in [6.45, 7) is 1.64. The van der Waals surface area contributed by atoms with E-state index in [1.54, 1.807) is 26.3 Å². The Bertz CT molecular complexity index is 1190. The number of nitrogens with one attached hydrogen (secondary N) is 2. The standard InChI is InChI=1S/C19H16BN4O3/c1-11-19(25)23-17-16(9-10-21-18(17)22-11)27-15-8-7-14(24-20-26-2)12-5-3-4-6-13(12)15/h3-10,24H,1-2H3,(H,23,25). The van der Waals surface area contributed by atoms with Gasteiger partial charge in [0.15, 0.2) is 11.4 Å². The van der Waals surface area contributed by atoms with Crippen LogP contribution in [0.2, 0.25) is 0 Å². The first kappa shape index (κ1) is 17.1. The van der Waals surface area contributed by atoms with Crippen molar-refractivity contribution in [1.82, 2.24) is 15.0 Å². The number of aromatic nitrogens is 3. The summed E-state index contributed by atoms with van der Waals surface area (Å²) in [7, 11) is 3.09. The van der Waals surface area contributed by atoms with E-state index in [4.69, 9.17) is 9.39 Å². The summed E-state index contributed by atoms with van der Waals surface area (Å²) < 4.78 is 11.1. The molecule has 2 heterocycles. The van der Waals surface area contributed by atoms with Gasteiger partial charge in [-0.2, -0.15) is 0 Å². The fraction of sp³-hybridized carbons (Fsp3) is 0.105. The van der Waals surface area contributed by atoms with Crippen LogP contribution in [-0.2, 0) is 4.65 Å². The van der Waals surface area contributed by atoms with Gasteiger partial charge in [0.25, 0.3) is 5.56 Å². The second-order valence-corrected chi connectivity index (χ2v) is 5.92. The van der Waals surface area contributed by atoms with Gasteiger partial charge >= 0.3 is 7.62 Å². The number of aromatic amines is 1. The van der Waals surface area contributed by atoms with Crippen LogP contribution in [0.3, 0.4) is 0 Å². The topological polar surface area (TPSA) is 89.1 Å². The van der Waals surface area contributed by atoms with Gasteiger partial charge in [-0.05, 0) is 19.1 Å². The molecule has 8 heteroatoms. The van der Waals surface area contributed by atoms with Crippen LogP contribution in [0.15, 0.2) is 53.5 Å². The molecule has 0 aliphatic carbocycles. The maximum atomic E-state index is 12.0. The zero-order valence-electron chi connectivity index (χ0n) is 14.8. The van der Waals surface area contributed by atoms with Crippen molar-refractivity contribution in [3.8, 4) is 11.5 Å².